The van der Waals surface area contributed by atoms with Crippen LogP contribution in [0.3, 0.4) is 0 Å². The molecule has 0 unspecified atom stereocenters. The van der Waals surface area contributed by atoms with Crippen LogP contribution in [0, 0.1) is 0 Å². The molecule has 1 N–H and O–H groups in total. The van der Waals surface area contributed by atoms with Gasteiger partial charge in [-0.25, -0.2) is 0 Å². The molecule has 3 aromatic rings. The molecule has 0 saturated heterocycles. The second-order valence-corrected chi connectivity index (χ2v) is 4.85. The SMILES string of the molecule is Cn1ccc(Cn2cc(CC(=O)O)c3ccccc32)n1. The highest BCUT2D eigenvalue weighted by molar-refractivity contribution is 5.87. The fraction of sp³-hybridized carbons (Fsp3) is 0.200. The Kier molecular flexibility index (Phi) is 3.02. The molecule has 0 amide bonds. The fourth-order valence-corrected chi connectivity index (χ4v) is 2.48. The van der Waals surface area contributed by atoms with Crippen LogP contribution in [0.15, 0.2) is 42.7 Å². The van der Waals surface area contributed by atoms with E-state index in [2.05, 4.69) is 9.67 Å². The maximum Gasteiger partial charge on any atom is 0.307 e. The zero-order valence-corrected chi connectivity index (χ0v) is 11.2. The van der Waals surface area contributed by atoms with Crippen molar-refractivity contribution in [3.63, 3.8) is 0 Å². The van der Waals surface area contributed by atoms with Crippen molar-refractivity contribution in [3.05, 3.63) is 54.0 Å². The van der Waals surface area contributed by atoms with Crippen molar-refractivity contribution in [1.82, 2.24) is 14.3 Å². The van der Waals surface area contributed by atoms with Gasteiger partial charge in [0.1, 0.15) is 0 Å². The van der Waals surface area contributed by atoms with Crippen LogP contribution in [0.4, 0.5) is 0 Å². The predicted molar refractivity (Wildman–Crippen MR) is 75.6 cm³/mol. The minimum absolute atomic E-state index is 0.0374. The minimum atomic E-state index is -0.814. The lowest BCUT2D eigenvalue weighted by atomic mass is 10.1. The topological polar surface area (TPSA) is 60.0 Å². The van der Waals surface area contributed by atoms with Gasteiger partial charge < -0.3 is 9.67 Å². The quantitative estimate of drug-likeness (QED) is 0.788. The average molecular weight is 269 g/mol. The fourth-order valence-electron chi connectivity index (χ4n) is 2.48. The standard InChI is InChI=1S/C15H15N3O2/c1-17-7-6-12(16-17)10-18-9-11(8-15(19)20)13-4-2-3-5-14(13)18/h2-7,9H,8,10H2,1H3,(H,19,20). The molecule has 5 nitrogen and oxygen atoms in total. The van der Waals surface area contributed by atoms with Crippen molar-refractivity contribution in [2.45, 2.75) is 13.0 Å². The molecule has 20 heavy (non-hydrogen) atoms. The van der Waals surface area contributed by atoms with Crippen LogP contribution in [0.5, 0.6) is 0 Å². The molecule has 0 radical (unpaired) electrons. The Labute approximate surface area is 116 Å². The third kappa shape index (κ3) is 2.30. The summed E-state index contributed by atoms with van der Waals surface area (Å²) in [6.45, 7) is 0.640. The molecule has 0 spiro atoms. The van der Waals surface area contributed by atoms with Crippen molar-refractivity contribution >= 4 is 16.9 Å². The van der Waals surface area contributed by atoms with Crippen LogP contribution >= 0.6 is 0 Å². The largest absolute Gasteiger partial charge is 0.481 e. The van der Waals surface area contributed by atoms with E-state index >= 15 is 0 Å². The Bertz CT molecular complexity index is 770. The summed E-state index contributed by atoms with van der Waals surface area (Å²) in [5.41, 5.74) is 2.83. The number of carboxylic acid groups (broad SMARTS) is 1. The zero-order valence-electron chi connectivity index (χ0n) is 11.2. The van der Waals surface area contributed by atoms with E-state index in [9.17, 15) is 4.79 Å². The van der Waals surface area contributed by atoms with Crippen LogP contribution in [0.1, 0.15) is 11.3 Å². The van der Waals surface area contributed by atoms with Crippen LogP contribution in [0.2, 0.25) is 0 Å². The van der Waals surface area contributed by atoms with Crippen molar-refractivity contribution in [2.75, 3.05) is 0 Å². The normalized spacial score (nSPS) is 11.1. The first-order valence-corrected chi connectivity index (χ1v) is 6.40. The monoisotopic (exact) mass is 269 g/mol. The molecule has 5 heteroatoms. The molecular formula is C15H15N3O2. The number of aromatic nitrogens is 3. The van der Waals surface area contributed by atoms with Gasteiger partial charge in [-0.3, -0.25) is 9.48 Å². The number of aryl methyl sites for hydroxylation is 1. The smallest absolute Gasteiger partial charge is 0.307 e. The molecule has 2 heterocycles. The van der Waals surface area contributed by atoms with Crippen LogP contribution in [0.25, 0.3) is 10.9 Å². The summed E-state index contributed by atoms with van der Waals surface area (Å²) in [7, 11) is 1.88. The molecule has 0 aliphatic heterocycles. The summed E-state index contributed by atoms with van der Waals surface area (Å²) in [5.74, 6) is -0.814. The molecule has 102 valence electrons. The highest BCUT2D eigenvalue weighted by atomic mass is 16.4. The Morgan fingerprint density at radius 3 is 2.80 bits per heavy atom. The van der Waals surface area contributed by atoms with E-state index in [1.807, 2.05) is 49.8 Å². The minimum Gasteiger partial charge on any atom is -0.481 e. The Morgan fingerprint density at radius 2 is 2.10 bits per heavy atom. The van der Waals surface area contributed by atoms with Crippen molar-refractivity contribution < 1.29 is 9.90 Å². The zero-order chi connectivity index (χ0) is 14.1. The summed E-state index contributed by atoms with van der Waals surface area (Å²) in [5, 5.41) is 14.4. The molecule has 0 saturated carbocycles. The van der Waals surface area contributed by atoms with Gasteiger partial charge in [-0.05, 0) is 17.7 Å². The molecule has 3 rings (SSSR count). The van der Waals surface area contributed by atoms with Crippen molar-refractivity contribution in [1.29, 1.82) is 0 Å². The second kappa shape index (κ2) is 4.85. The van der Waals surface area contributed by atoms with Gasteiger partial charge in [0.05, 0.1) is 18.7 Å². The lowest BCUT2D eigenvalue weighted by Crippen LogP contribution is -2.01. The van der Waals surface area contributed by atoms with Crippen molar-refractivity contribution in [3.8, 4) is 0 Å². The maximum absolute atomic E-state index is 11.0. The van der Waals surface area contributed by atoms with E-state index in [-0.39, 0.29) is 6.42 Å². The maximum atomic E-state index is 11.0. The molecule has 0 bridgehead atoms. The number of fused-ring (bicyclic) bond motifs is 1. The average Bonchev–Trinajstić information content (AvgIpc) is 2.95. The van der Waals surface area contributed by atoms with Crippen LogP contribution in [-0.2, 0) is 24.8 Å². The highest BCUT2D eigenvalue weighted by Gasteiger charge is 2.11. The number of para-hydroxylation sites is 1. The van der Waals surface area contributed by atoms with E-state index in [4.69, 9.17) is 5.11 Å². The number of hydrogen-bond acceptors (Lipinski definition) is 2. The number of aliphatic carboxylic acids is 1. The predicted octanol–water partition coefficient (Wildman–Crippen LogP) is 2.05. The lowest BCUT2D eigenvalue weighted by molar-refractivity contribution is -0.136. The summed E-state index contributed by atoms with van der Waals surface area (Å²) in [6, 6.07) is 9.82. The lowest BCUT2D eigenvalue weighted by Gasteiger charge is -2.02. The summed E-state index contributed by atoms with van der Waals surface area (Å²) in [6.07, 6.45) is 3.85. The van der Waals surface area contributed by atoms with Gasteiger partial charge in [-0.2, -0.15) is 5.10 Å². The molecular weight excluding hydrogens is 254 g/mol. The Hall–Kier alpha value is -2.56. The molecule has 0 fully saturated rings. The third-order valence-corrected chi connectivity index (χ3v) is 3.31. The van der Waals surface area contributed by atoms with Crippen LogP contribution < -0.4 is 0 Å². The third-order valence-electron chi connectivity index (χ3n) is 3.31. The Balaban J connectivity index is 2.04. The first-order chi connectivity index (χ1) is 9.63. The number of rotatable bonds is 4. The van der Waals surface area contributed by atoms with E-state index in [1.165, 1.54) is 0 Å². The summed E-state index contributed by atoms with van der Waals surface area (Å²) in [4.78, 5) is 11.0. The number of carboxylic acids is 1. The van der Waals surface area contributed by atoms with Gasteiger partial charge in [-0.15, -0.1) is 0 Å². The molecule has 2 aromatic heterocycles. The van der Waals surface area contributed by atoms with Gasteiger partial charge in [0.2, 0.25) is 0 Å². The van der Waals surface area contributed by atoms with Gasteiger partial charge >= 0.3 is 5.97 Å². The molecule has 0 aliphatic carbocycles. The Morgan fingerprint density at radius 1 is 1.30 bits per heavy atom. The molecule has 0 aliphatic rings. The van der Waals surface area contributed by atoms with Crippen molar-refractivity contribution in [2.24, 2.45) is 7.05 Å². The molecule has 0 atom stereocenters. The van der Waals surface area contributed by atoms with Gasteiger partial charge in [0, 0.05) is 30.3 Å². The van der Waals surface area contributed by atoms with E-state index < -0.39 is 5.97 Å². The van der Waals surface area contributed by atoms with Gasteiger partial charge in [0.15, 0.2) is 0 Å². The van der Waals surface area contributed by atoms with Gasteiger partial charge in [0.25, 0.3) is 0 Å². The first kappa shape index (κ1) is 12.5. The van der Waals surface area contributed by atoms with E-state index in [0.717, 1.165) is 22.2 Å². The molecule has 1 aromatic carbocycles. The second-order valence-electron chi connectivity index (χ2n) is 4.85. The summed E-state index contributed by atoms with van der Waals surface area (Å²) < 4.78 is 3.81. The van der Waals surface area contributed by atoms with Gasteiger partial charge in [-0.1, -0.05) is 18.2 Å². The van der Waals surface area contributed by atoms with E-state index in [1.54, 1.807) is 4.68 Å². The number of nitrogens with zero attached hydrogens (tertiary/aromatic N) is 3. The summed E-state index contributed by atoms with van der Waals surface area (Å²) >= 11 is 0. The number of hydrogen-bond donors (Lipinski definition) is 1. The first-order valence-electron chi connectivity index (χ1n) is 6.40. The van der Waals surface area contributed by atoms with E-state index in [0.29, 0.717) is 6.54 Å². The number of carbonyl (C=O) groups is 1. The number of benzene rings is 1. The van der Waals surface area contributed by atoms with Crippen LogP contribution in [-0.4, -0.2) is 25.4 Å². The highest BCUT2D eigenvalue weighted by Crippen LogP contribution is 2.22.